The van der Waals surface area contributed by atoms with Gasteiger partial charge >= 0.3 is 0 Å². The predicted octanol–water partition coefficient (Wildman–Crippen LogP) is 1.38. The van der Waals surface area contributed by atoms with E-state index in [2.05, 4.69) is 21.0 Å². The van der Waals surface area contributed by atoms with Crippen molar-refractivity contribution in [2.45, 2.75) is 6.54 Å². The standard InChI is InChI=1S/C11H11BrN4O/c12-9-4-2-1-3-7(9)5-16-6-8(11(14)17)10(13)15-16/h1-4,6H,5H2,(H2,13,15)(H2,14,17). The highest BCUT2D eigenvalue weighted by atomic mass is 79.9. The maximum absolute atomic E-state index is 11.0. The minimum absolute atomic E-state index is 0.157. The molecule has 0 fully saturated rings. The van der Waals surface area contributed by atoms with Crippen LogP contribution < -0.4 is 11.5 Å². The number of rotatable bonds is 3. The van der Waals surface area contributed by atoms with Crippen molar-refractivity contribution in [3.8, 4) is 0 Å². The molecule has 1 aromatic carbocycles. The first kappa shape index (κ1) is 11.7. The lowest BCUT2D eigenvalue weighted by molar-refractivity contribution is 0.100. The summed E-state index contributed by atoms with van der Waals surface area (Å²) in [5, 5.41) is 4.04. The van der Waals surface area contributed by atoms with Crippen LogP contribution in [0.5, 0.6) is 0 Å². The van der Waals surface area contributed by atoms with E-state index in [4.69, 9.17) is 11.5 Å². The van der Waals surface area contributed by atoms with Gasteiger partial charge in [-0.2, -0.15) is 5.10 Å². The molecule has 0 atom stereocenters. The summed E-state index contributed by atoms with van der Waals surface area (Å²) in [6.45, 7) is 0.527. The number of benzene rings is 1. The summed E-state index contributed by atoms with van der Waals surface area (Å²) < 4.78 is 2.57. The summed E-state index contributed by atoms with van der Waals surface area (Å²) in [4.78, 5) is 11.0. The van der Waals surface area contributed by atoms with Gasteiger partial charge in [0, 0.05) is 10.7 Å². The number of anilines is 1. The number of aromatic nitrogens is 2. The maximum atomic E-state index is 11.0. The number of primary amides is 1. The average molecular weight is 295 g/mol. The Labute approximate surface area is 107 Å². The lowest BCUT2D eigenvalue weighted by Crippen LogP contribution is -2.11. The van der Waals surface area contributed by atoms with E-state index in [1.165, 1.54) is 0 Å². The molecule has 0 aliphatic carbocycles. The number of carbonyl (C=O) groups is 1. The first-order chi connectivity index (χ1) is 8.08. The molecule has 1 amide bonds. The fourth-order valence-corrected chi connectivity index (χ4v) is 1.92. The summed E-state index contributed by atoms with van der Waals surface area (Å²) in [5.41, 5.74) is 12.1. The van der Waals surface area contributed by atoms with Gasteiger partial charge in [-0.25, -0.2) is 0 Å². The van der Waals surface area contributed by atoms with Crippen molar-refractivity contribution in [3.05, 3.63) is 46.1 Å². The van der Waals surface area contributed by atoms with Crippen LogP contribution >= 0.6 is 15.9 Å². The number of hydrogen-bond acceptors (Lipinski definition) is 3. The first-order valence-corrected chi connectivity index (χ1v) is 5.73. The summed E-state index contributed by atoms with van der Waals surface area (Å²) in [5.74, 6) is -0.412. The molecule has 0 radical (unpaired) electrons. The third kappa shape index (κ3) is 2.47. The van der Waals surface area contributed by atoms with E-state index >= 15 is 0 Å². The summed E-state index contributed by atoms with van der Waals surface area (Å²) >= 11 is 3.44. The van der Waals surface area contributed by atoms with Gasteiger partial charge in [0.15, 0.2) is 5.82 Å². The Hall–Kier alpha value is -1.82. The van der Waals surface area contributed by atoms with Crippen LogP contribution in [0.15, 0.2) is 34.9 Å². The summed E-state index contributed by atoms with van der Waals surface area (Å²) in [6, 6.07) is 7.77. The zero-order chi connectivity index (χ0) is 12.4. The van der Waals surface area contributed by atoms with Crippen LogP contribution in [0.2, 0.25) is 0 Å². The van der Waals surface area contributed by atoms with Gasteiger partial charge in [0.25, 0.3) is 5.91 Å². The molecule has 0 unspecified atom stereocenters. The molecule has 0 bridgehead atoms. The lowest BCUT2D eigenvalue weighted by Gasteiger charge is -2.03. The number of carbonyl (C=O) groups excluding carboxylic acids is 1. The van der Waals surface area contributed by atoms with E-state index in [0.29, 0.717) is 6.54 Å². The number of nitrogens with zero attached hydrogens (tertiary/aromatic N) is 2. The highest BCUT2D eigenvalue weighted by Gasteiger charge is 2.11. The van der Waals surface area contributed by atoms with Crippen molar-refractivity contribution in [1.29, 1.82) is 0 Å². The van der Waals surface area contributed by atoms with Gasteiger partial charge in [-0.15, -0.1) is 0 Å². The molecule has 4 N–H and O–H groups in total. The summed E-state index contributed by atoms with van der Waals surface area (Å²) in [6.07, 6.45) is 1.55. The molecule has 0 spiro atoms. The maximum Gasteiger partial charge on any atom is 0.254 e. The van der Waals surface area contributed by atoms with Crippen molar-refractivity contribution < 1.29 is 4.79 Å². The molecule has 2 rings (SSSR count). The molecule has 0 aliphatic heterocycles. The molecule has 2 aromatic rings. The first-order valence-electron chi connectivity index (χ1n) is 4.94. The van der Waals surface area contributed by atoms with Crippen LogP contribution in [-0.4, -0.2) is 15.7 Å². The largest absolute Gasteiger partial charge is 0.382 e. The fraction of sp³-hybridized carbons (Fsp3) is 0.0909. The van der Waals surface area contributed by atoms with Crippen molar-refractivity contribution >= 4 is 27.7 Å². The lowest BCUT2D eigenvalue weighted by atomic mass is 10.2. The van der Waals surface area contributed by atoms with Crippen LogP contribution in [0, 0.1) is 0 Å². The van der Waals surface area contributed by atoms with Crippen LogP contribution in [-0.2, 0) is 6.54 Å². The van der Waals surface area contributed by atoms with E-state index < -0.39 is 5.91 Å². The zero-order valence-corrected chi connectivity index (χ0v) is 10.5. The average Bonchev–Trinajstić information content (AvgIpc) is 2.63. The molecule has 17 heavy (non-hydrogen) atoms. The molecule has 6 heteroatoms. The number of nitrogen functional groups attached to an aromatic ring is 1. The van der Waals surface area contributed by atoms with Crippen LogP contribution in [0.1, 0.15) is 15.9 Å². The van der Waals surface area contributed by atoms with E-state index in [9.17, 15) is 4.79 Å². The topological polar surface area (TPSA) is 86.9 Å². The van der Waals surface area contributed by atoms with Gasteiger partial charge in [-0.05, 0) is 11.6 Å². The quantitative estimate of drug-likeness (QED) is 0.896. The SMILES string of the molecule is NC(=O)c1cn(Cc2ccccc2Br)nc1N. The van der Waals surface area contributed by atoms with Crippen molar-refractivity contribution in [2.75, 3.05) is 5.73 Å². The smallest absolute Gasteiger partial charge is 0.254 e. The van der Waals surface area contributed by atoms with Crippen molar-refractivity contribution in [3.63, 3.8) is 0 Å². The van der Waals surface area contributed by atoms with Gasteiger partial charge in [-0.3, -0.25) is 9.48 Å². The van der Waals surface area contributed by atoms with E-state index in [0.717, 1.165) is 10.0 Å². The molecule has 1 heterocycles. The molecule has 0 aliphatic rings. The van der Waals surface area contributed by atoms with Gasteiger partial charge in [0.2, 0.25) is 0 Å². The molecular formula is C11H11BrN4O. The normalized spacial score (nSPS) is 10.4. The molecule has 5 nitrogen and oxygen atoms in total. The fourth-order valence-electron chi connectivity index (χ4n) is 1.51. The van der Waals surface area contributed by atoms with Crippen LogP contribution in [0.25, 0.3) is 0 Å². The Morgan fingerprint density at radius 2 is 2.12 bits per heavy atom. The molecule has 88 valence electrons. The number of amides is 1. The second-order valence-electron chi connectivity index (χ2n) is 3.58. The Morgan fingerprint density at radius 1 is 1.41 bits per heavy atom. The Morgan fingerprint density at radius 3 is 2.71 bits per heavy atom. The third-order valence-corrected chi connectivity index (χ3v) is 3.12. The highest BCUT2D eigenvalue weighted by Crippen LogP contribution is 2.18. The number of nitrogens with two attached hydrogens (primary N) is 2. The van der Waals surface area contributed by atoms with Gasteiger partial charge in [0.1, 0.15) is 5.56 Å². The molecule has 0 saturated carbocycles. The monoisotopic (exact) mass is 294 g/mol. The van der Waals surface area contributed by atoms with Crippen molar-refractivity contribution in [2.24, 2.45) is 5.73 Å². The summed E-state index contributed by atoms with van der Waals surface area (Å²) in [7, 11) is 0. The molecule has 0 saturated heterocycles. The Bertz CT molecular complexity index is 564. The van der Waals surface area contributed by atoms with Crippen LogP contribution in [0.4, 0.5) is 5.82 Å². The third-order valence-electron chi connectivity index (χ3n) is 2.35. The van der Waals surface area contributed by atoms with Crippen molar-refractivity contribution in [1.82, 2.24) is 9.78 Å². The minimum atomic E-state index is -0.569. The Kier molecular flexibility index (Phi) is 3.14. The van der Waals surface area contributed by atoms with Crippen LogP contribution in [0.3, 0.4) is 0 Å². The number of hydrogen-bond donors (Lipinski definition) is 2. The Balaban J connectivity index is 2.28. The molecular weight excluding hydrogens is 284 g/mol. The zero-order valence-electron chi connectivity index (χ0n) is 8.93. The second kappa shape index (κ2) is 4.58. The highest BCUT2D eigenvalue weighted by molar-refractivity contribution is 9.10. The van der Waals surface area contributed by atoms with E-state index in [-0.39, 0.29) is 11.4 Å². The van der Waals surface area contributed by atoms with Gasteiger partial charge in [0.05, 0.1) is 6.54 Å². The predicted molar refractivity (Wildman–Crippen MR) is 68.4 cm³/mol. The molecule has 1 aromatic heterocycles. The van der Waals surface area contributed by atoms with Gasteiger partial charge < -0.3 is 11.5 Å². The minimum Gasteiger partial charge on any atom is -0.382 e. The number of halogens is 1. The van der Waals surface area contributed by atoms with E-state index in [1.807, 2.05) is 24.3 Å². The van der Waals surface area contributed by atoms with Gasteiger partial charge in [-0.1, -0.05) is 34.1 Å². The second-order valence-corrected chi connectivity index (χ2v) is 4.44. The van der Waals surface area contributed by atoms with E-state index in [1.54, 1.807) is 10.9 Å².